The molecule has 0 saturated carbocycles. The summed E-state index contributed by atoms with van der Waals surface area (Å²) in [5.41, 5.74) is 4.12. The van der Waals surface area contributed by atoms with Gasteiger partial charge in [0.1, 0.15) is 0 Å². The number of aryl methyl sites for hydroxylation is 2. The normalized spacial score (nSPS) is 12.9. The third-order valence-electron chi connectivity index (χ3n) is 4.22. The zero-order valence-corrected chi connectivity index (χ0v) is 15.4. The molecule has 25 heavy (non-hydrogen) atoms. The van der Waals surface area contributed by atoms with E-state index in [2.05, 4.69) is 58.6 Å². The first-order valence-electron chi connectivity index (χ1n) is 7.97. The first-order valence-corrected chi connectivity index (χ1v) is 9.60. The summed E-state index contributed by atoms with van der Waals surface area (Å²) in [5.74, 6) is 0.791. The van der Waals surface area contributed by atoms with Crippen LogP contribution in [0.4, 0.5) is 0 Å². The molecular formula is C19H14N4S2. The topological polar surface area (TPSA) is 43.1 Å². The Hall–Kier alpha value is -2.31. The van der Waals surface area contributed by atoms with Crippen LogP contribution in [0.2, 0.25) is 0 Å². The molecule has 0 bridgehead atoms. The molecule has 0 saturated heterocycles. The lowest BCUT2D eigenvalue weighted by atomic mass is 10.1. The SMILES string of the molecule is Cc1cnn2c(-c3cc4c(cc3C)Sc3ccccc3S4)nnc2c1. The Labute approximate surface area is 153 Å². The van der Waals surface area contributed by atoms with Gasteiger partial charge in [0.25, 0.3) is 0 Å². The molecule has 4 nitrogen and oxygen atoms in total. The van der Waals surface area contributed by atoms with Crippen LogP contribution in [0.3, 0.4) is 0 Å². The quantitative estimate of drug-likeness (QED) is 0.419. The predicted molar refractivity (Wildman–Crippen MR) is 100 cm³/mol. The number of fused-ring (bicyclic) bond motifs is 3. The standard InChI is InChI=1S/C19H14N4S2/c1-11-7-18-21-22-19(23(18)20-10-11)13-9-17-16(8-12(13)2)24-14-5-3-4-6-15(14)25-17/h3-10H,1-2H3. The van der Waals surface area contributed by atoms with Crippen molar-refractivity contribution in [2.75, 3.05) is 0 Å². The van der Waals surface area contributed by atoms with E-state index in [0.29, 0.717) is 0 Å². The van der Waals surface area contributed by atoms with Crippen LogP contribution in [0.15, 0.2) is 68.2 Å². The van der Waals surface area contributed by atoms with Gasteiger partial charge in [-0.05, 0) is 55.3 Å². The van der Waals surface area contributed by atoms with Crippen LogP contribution in [0.1, 0.15) is 11.1 Å². The third kappa shape index (κ3) is 2.44. The van der Waals surface area contributed by atoms with Crippen molar-refractivity contribution >= 4 is 29.2 Å². The molecule has 2 aromatic heterocycles. The first kappa shape index (κ1) is 15.0. The summed E-state index contributed by atoms with van der Waals surface area (Å²) in [6, 6.07) is 15.0. The summed E-state index contributed by atoms with van der Waals surface area (Å²) in [6.07, 6.45) is 1.84. The van der Waals surface area contributed by atoms with Crippen LogP contribution in [-0.2, 0) is 0 Å². The zero-order chi connectivity index (χ0) is 17.0. The number of benzene rings is 2. The summed E-state index contributed by atoms with van der Waals surface area (Å²) in [7, 11) is 0. The van der Waals surface area contributed by atoms with Gasteiger partial charge in [0.15, 0.2) is 11.5 Å². The van der Waals surface area contributed by atoms with Gasteiger partial charge in [-0.15, -0.1) is 10.2 Å². The van der Waals surface area contributed by atoms with E-state index >= 15 is 0 Å². The van der Waals surface area contributed by atoms with Crippen molar-refractivity contribution in [3.63, 3.8) is 0 Å². The minimum atomic E-state index is 0.777. The minimum absolute atomic E-state index is 0.777. The summed E-state index contributed by atoms with van der Waals surface area (Å²) >= 11 is 3.64. The predicted octanol–water partition coefficient (Wildman–Crippen LogP) is 5.02. The van der Waals surface area contributed by atoms with Crippen molar-refractivity contribution in [1.29, 1.82) is 0 Å². The fourth-order valence-electron chi connectivity index (χ4n) is 2.97. The van der Waals surface area contributed by atoms with Gasteiger partial charge in [-0.3, -0.25) is 0 Å². The van der Waals surface area contributed by atoms with Crippen LogP contribution in [0.25, 0.3) is 17.0 Å². The Morgan fingerprint density at radius 3 is 2.32 bits per heavy atom. The molecule has 1 aliphatic rings. The average molecular weight is 362 g/mol. The largest absolute Gasteiger partial charge is 0.193 e. The molecule has 5 rings (SSSR count). The van der Waals surface area contributed by atoms with Crippen LogP contribution in [0.5, 0.6) is 0 Å². The molecular weight excluding hydrogens is 348 g/mol. The highest BCUT2D eigenvalue weighted by Gasteiger charge is 2.20. The number of aromatic nitrogens is 4. The lowest BCUT2D eigenvalue weighted by Crippen LogP contribution is -1.98. The highest BCUT2D eigenvalue weighted by molar-refractivity contribution is 8.05. The zero-order valence-electron chi connectivity index (χ0n) is 13.7. The van der Waals surface area contributed by atoms with Crippen LogP contribution in [0, 0.1) is 13.8 Å². The summed E-state index contributed by atoms with van der Waals surface area (Å²) in [6.45, 7) is 4.13. The van der Waals surface area contributed by atoms with E-state index in [-0.39, 0.29) is 0 Å². The second-order valence-corrected chi connectivity index (χ2v) is 8.26. The molecule has 4 aromatic rings. The molecule has 0 fully saturated rings. The lowest BCUT2D eigenvalue weighted by molar-refractivity contribution is 0.924. The van der Waals surface area contributed by atoms with Gasteiger partial charge in [-0.2, -0.15) is 9.61 Å². The van der Waals surface area contributed by atoms with Gasteiger partial charge < -0.3 is 0 Å². The van der Waals surface area contributed by atoms with Crippen LogP contribution >= 0.6 is 23.5 Å². The molecule has 0 aliphatic carbocycles. The molecule has 0 amide bonds. The van der Waals surface area contributed by atoms with Gasteiger partial charge in [0.05, 0.1) is 6.20 Å². The molecule has 0 spiro atoms. The molecule has 0 unspecified atom stereocenters. The van der Waals surface area contributed by atoms with Gasteiger partial charge in [-0.1, -0.05) is 35.7 Å². The second kappa shape index (κ2) is 5.61. The summed E-state index contributed by atoms with van der Waals surface area (Å²) < 4.78 is 1.82. The molecule has 3 heterocycles. The van der Waals surface area contributed by atoms with E-state index in [1.807, 2.05) is 47.2 Å². The van der Waals surface area contributed by atoms with Gasteiger partial charge in [0, 0.05) is 25.1 Å². The number of hydrogen-bond donors (Lipinski definition) is 0. The Balaban J connectivity index is 1.66. The fraction of sp³-hybridized carbons (Fsp3) is 0.105. The Morgan fingerprint density at radius 2 is 1.56 bits per heavy atom. The molecule has 6 heteroatoms. The smallest absolute Gasteiger partial charge is 0.185 e. The number of nitrogens with zero attached hydrogens (tertiary/aromatic N) is 4. The maximum atomic E-state index is 4.49. The van der Waals surface area contributed by atoms with E-state index < -0.39 is 0 Å². The minimum Gasteiger partial charge on any atom is -0.193 e. The van der Waals surface area contributed by atoms with Crippen molar-refractivity contribution < 1.29 is 0 Å². The third-order valence-corrected chi connectivity index (χ3v) is 6.74. The van der Waals surface area contributed by atoms with E-state index in [4.69, 9.17) is 0 Å². The Morgan fingerprint density at radius 1 is 0.840 bits per heavy atom. The highest BCUT2D eigenvalue weighted by atomic mass is 32.2. The fourth-order valence-corrected chi connectivity index (χ4v) is 5.31. The molecule has 0 radical (unpaired) electrons. The summed E-state index contributed by atoms with van der Waals surface area (Å²) in [4.78, 5) is 5.17. The second-order valence-electron chi connectivity index (χ2n) is 6.09. The van der Waals surface area contributed by atoms with Crippen molar-refractivity contribution in [1.82, 2.24) is 19.8 Å². The summed E-state index contributed by atoms with van der Waals surface area (Å²) in [5, 5.41) is 13.2. The van der Waals surface area contributed by atoms with Crippen molar-refractivity contribution in [3.8, 4) is 11.4 Å². The lowest BCUT2D eigenvalue weighted by Gasteiger charge is -2.19. The van der Waals surface area contributed by atoms with E-state index in [0.717, 1.165) is 22.6 Å². The van der Waals surface area contributed by atoms with Crippen molar-refractivity contribution in [3.05, 3.63) is 59.8 Å². The highest BCUT2D eigenvalue weighted by Crippen LogP contribution is 2.49. The van der Waals surface area contributed by atoms with E-state index in [9.17, 15) is 0 Å². The van der Waals surface area contributed by atoms with Crippen LogP contribution < -0.4 is 0 Å². The first-order chi connectivity index (χ1) is 12.2. The molecule has 0 atom stereocenters. The molecule has 1 aliphatic heterocycles. The monoisotopic (exact) mass is 362 g/mol. The average Bonchev–Trinajstić information content (AvgIpc) is 3.02. The Kier molecular flexibility index (Phi) is 3.36. The van der Waals surface area contributed by atoms with E-state index in [1.54, 1.807) is 0 Å². The number of hydrogen-bond acceptors (Lipinski definition) is 5. The van der Waals surface area contributed by atoms with Crippen LogP contribution in [-0.4, -0.2) is 19.8 Å². The van der Waals surface area contributed by atoms with Gasteiger partial charge in [-0.25, -0.2) is 0 Å². The Bertz CT molecular complexity index is 1130. The van der Waals surface area contributed by atoms with Crippen molar-refractivity contribution in [2.45, 2.75) is 33.4 Å². The molecule has 2 aromatic carbocycles. The van der Waals surface area contributed by atoms with Gasteiger partial charge in [0.2, 0.25) is 0 Å². The molecule has 122 valence electrons. The van der Waals surface area contributed by atoms with Gasteiger partial charge >= 0.3 is 0 Å². The maximum Gasteiger partial charge on any atom is 0.185 e. The molecule has 0 N–H and O–H groups in total. The maximum absolute atomic E-state index is 4.49. The van der Waals surface area contributed by atoms with E-state index in [1.165, 1.54) is 25.1 Å². The van der Waals surface area contributed by atoms with Crippen molar-refractivity contribution in [2.24, 2.45) is 0 Å². The number of rotatable bonds is 1.